The Hall–Kier alpha value is -1.95. The number of benzene rings is 1. The largest absolute Gasteiger partial charge is 0.379 e. The summed E-state index contributed by atoms with van der Waals surface area (Å²) >= 11 is 0. The van der Waals surface area contributed by atoms with Gasteiger partial charge < -0.3 is 9.64 Å². The van der Waals surface area contributed by atoms with Crippen LogP contribution in [0.5, 0.6) is 0 Å². The Labute approximate surface area is 123 Å². The maximum absolute atomic E-state index is 11.4. The van der Waals surface area contributed by atoms with E-state index in [1.54, 1.807) is 19.2 Å². The summed E-state index contributed by atoms with van der Waals surface area (Å²) in [4.78, 5) is 24.2. The number of ketones is 1. The van der Waals surface area contributed by atoms with Crippen molar-refractivity contribution < 1.29 is 14.5 Å². The fraction of sp³-hybridized carbons (Fsp3) is 0.533. The van der Waals surface area contributed by atoms with E-state index in [4.69, 9.17) is 4.74 Å². The molecule has 2 atom stereocenters. The highest BCUT2D eigenvalue weighted by Crippen LogP contribution is 2.33. The number of ether oxygens (including phenoxy) is 1. The van der Waals surface area contributed by atoms with Crippen LogP contribution in [0, 0.1) is 16.0 Å². The van der Waals surface area contributed by atoms with Crippen molar-refractivity contribution in [2.24, 2.45) is 5.92 Å². The molecular weight excluding hydrogens is 272 g/mol. The first-order valence-corrected chi connectivity index (χ1v) is 7.01. The molecule has 1 heterocycles. The number of piperidine rings is 1. The SMILES string of the molecule is COC1CN(c2ccc(C(C)=O)cc2[N+](=O)[O-])CCC1C. The summed E-state index contributed by atoms with van der Waals surface area (Å²) in [6.45, 7) is 4.90. The van der Waals surface area contributed by atoms with Crippen molar-refractivity contribution in [1.82, 2.24) is 0 Å². The lowest BCUT2D eigenvalue weighted by Crippen LogP contribution is -2.44. The van der Waals surface area contributed by atoms with Gasteiger partial charge in [-0.25, -0.2) is 0 Å². The number of nitrogens with zero attached hydrogens (tertiary/aromatic N) is 2. The van der Waals surface area contributed by atoms with Gasteiger partial charge >= 0.3 is 0 Å². The monoisotopic (exact) mass is 292 g/mol. The molecule has 0 spiro atoms. The number of methoxy groups -OCH3 is 1. The standard InChI is InChI=1S/C15H20N2O4/c1-10-6-7-16(9-15(10)21-3)13-5-4-12(11(2)18)8-14(13)17(19)20/h4-5,8,10,15H,6-7,9H2,1-3H3. The van der Waals surface area contributed by atoms with E-state index in [1.807, 2.05) is 4.90 Å². The van der Waals surface area contributed by atoms with Gasteiger partial charge in [0, 0.05) is 31.8 Å². The number of nitro groups is 1. The lowest BCUT2D eigenvalue weighted by atomic mass is 9.95. The van der Waals surface area contributed by atoms with Crippen LogP contribution in [0.4, 0.5) is 11.4 Å². The van der Waals surface area contributed by atoms with Crippen molar-refractivity contribution in [1.29, 1.82) is 0 Å². The Morgan fingerprint density at radius 2 is 2.19 bits per heavy atom. The predicted octanol–water partition coefficient (Wildman–Crippen LogP) is 2.66. The van der Waals surface area contributed by atoms with Gasteiger partial charge in [-0.1, -0.05) is 6.92 Å². The molecule has 1 aliphatic rings. The van der Waals surface area contributed by atoms with E-state index in [0.29, 0.717) is 23.7 Å². The fourth-order valence-electron chi connectivity index (χ4n) is 2.72. The van der Waals surface area contributed by atoms with Crippen LogP contribution in [0.25, 0.3) is 0 Å². The summed E-state index contributed by atoms with van der Waals surface area (Å²) in [6.07, 6.45) is 0.982. The smallest absolute Gasteiger partial charge is 0.293 e. The molecule has 2 rings (SSSR count). The van der Waals surface area contributed by atoms with Crippen LogP contribution in [0.2, 0.25) is 0 Å². The van der Waals surface area contributed by atoms with Crippen LogP contribution in [0.15, 0.2) is 18.2 Å². The zero-order valence-electron chi connectivity index (χ0n) is 12.5. The maximum atomic E-state index is 11.4. The molecule has 21 heavy (non-hydrogen) atoms. The minimum absolute atomic E-state index is 0.0212. The Balaban J connectivity index is 2.35. The summed E-state index contributed by atoms with van der Waals surface area (Å²) in [5, 5.41) is 11.3. The average Bonchev–Trinajstić information content (AvgIpc) is 2.47. The fourth-order valence-corrected chi connectivity index (χ4v) is 2.72. The number of carbonyl (C=O) groups excluding carboxylic acids is 1. The van der Waals surface area contributed by atoms with Gasteiger partial charge in [0.05, 0.1) is 11.0 Å². The first-order chi connectivity index (χ1) is 9.93. The Morgan fingerprint density at radius 1 is 1.48 bits per heavy atom. The molecule has 1 saturated heterocycles. The van der Waals surface area contributed by atoms with Crippen LogP contribution >= 0.6 is 0 Å². The highest BCUT2D eigenvalue weighted by Gasteiger charge is 2.29. The third-order valence-corrected chi connectivity index (χ3v) is 4.11. The van der Waals surface area contributed by atoms with Gasteiger partial charge in [0.1, 0.15) is 5.69 Å². The van der Waals surface area contributed by atoms with E-state index in [2.05, 4.69) is 6.92 Å². The zero-order valence-corrected chi connectivity index (χ0v) is 12.5. The summed E-state index contributed by atoms with van der Waals surface area (Å²) in [7, 11) is 1.66. The van der Waals surface area contributed by atoms with Crippen molar-refractivity contribution in [2.75, 3.05) is 25.1 Å². The van der Waals surface area contributed by atoms with E-state index >= 15 is 0 Å². The van der Waals surface area contributed by atoms with Gasteiger partial charge in [0.15, 0.2) is 5.78 Å². The zero-order chi connectivity index (χ0) is 15.6. The second-order valence-corrected chi connectivity index (χ2v) is 5.50. The molecule has 1 aromatic carbocycles. The minimum Gasteiger partial charge on any atom is -0.379 e. The van der Waals surface area contributed by atoms with Crippen molar-refractivity contribution in [3.05, 3.63) is 33.9 Å². The number of anilines is 1. The summed E-state index contributed by atoms with van der Waals surface area (Å²) in [5.41, 5.74) is 0.894. The quantitative estimate of drug-likeness (QED) is 0.484. The average molecular weight is 292 g/mol. The third-order valence-electron chi connectivity index (χ3n) is 4.11. The molecule has 0 aromatic heterocycles. The normalized spacial score (nSPS) is 22.1. The van der Waals surface area contributed by atoms with Crippen LogP contribution in [-0.2, 0) is 4.74 Å². The van der Waals surface area contributed by atoms with Gasteiger partial charge in [-0.2, -0.15) is 0 Å². The molecule has 0 N–H and O–H groups in total. The molecule has 0 bridgehead atoms. The third kappa shape index (κ3) is 3.21. The topological polar surface area (TPSA) is 72.7 Å². The first-order valence-electron chi connectivity index (χ1n) is 7.01. The molecule has 0 aliphatic carbocycles. The molecule has 0 saturated carbocycles. The van der Waals surface area contributed by atoms with Gasteiger partial charge in [-0.05, 0) is 31.4 Å². The van der Waals surface area contributed by atoms with Gasteiger partial charge in [0.25, 0.3) is 5.69 Å². The van der Waals surface area contributed by atoms with E-state index < -0.39 is 4.92 Å². The van der Waals surface area contributed by atoms with Gasteiger partial charge in [-0.15, -0.1) is 0 Å². The van der Waals surface area contributed by atoms with Crippen LogP contribution in [-0.4, -0.2) is 37.0 Å². The van der Waals surface area contributed by atoms with E-state index in [0.717, 1.165) is 13.0 Å². The predicted molar refractivity (Wildman–Crippen MR) is 79.9 cm³/mol. The molecule has 114 valence electrons. The summed E-state index contributed by atoms with van der Waals surface area (Å²) < 4.78 is 5.45. The van der Waals surface area contributed by atoms with Gasteiger partial charge in [0.2, 0.25) is 0 Å². The lowest BCUT2D eigenvalue weighted by molar-refractivity contribution is -0.384. The molecule has 6 heteroatoms. The number of hydrogen-bond donors (Lipinski definition) is 0. The molecule has 2 unspecified atom stereocenters. The van der Waals surface area contributed by atoms with Crippen LogP contribution < -0.4 is 4.90 Å². The van der Waals surface area contributed by atoms with Crippen molar-refractivity contribution >= 4 is 17.2 Å². The second kappa shape index (κ2) is 6.22. The highest BCUT2D eigenvalue weighted by molar-refractivity contribution is 5.95. The maximum Gasteiger partial charge on any atom is 0.293 e. The number of Topliss-reactive ketones (excluding diaryl/α,β-unsaturated/α-hetero) is 1. The first kappa shape index (κ1) is 15.4. The number of carbonyl (C=O) groups is 1. The van der Waals surface area contributed by atoms with E-state index in [-0.39, 0.29) is 17.6 Å². The van der Waals surface area contributed by atoms with Crippen molar-refractivity contribution in [3.8, 4) is 0 Å². The van der Waals surface area contributed by atoms with Gasteiger partial charge in [-0.3, -0.25) is 14.9 Å². The molecule has 1 aromatic rings. The van der Waals surface area contributed by atoms with Crippen molar-refractivity contribution in [2.45, 2.75) is 26.4 Å². The van der Waals surface area contributed by atoms with Crippen LogP contribution in [0.1, 0.15) is 30.6 Å². The lowest BCUT2D eigenvalue weighted by Gasteiger charge is -2.37. The molecule has 1 fully saturated rings. The molecule has 0 amide bonds. The van der Waals surface area contributed by atoms with E-state index in [9.17, 15) is 14.9 Å². The van der Waals surface area contributed by atoms with E-state index in [1.165, 1.54) is 13.0 Å². The van der Waals surface area contributed by atoms with Crippen LogP contribution in [0.3, 0.4) is 0 Å². The highest BCUT2D eigenvalue weighted by atomic mass is 16.6. The second-order valence-electron chi connectivity index (χ2n) is 5.50. The number of hydrogen-bond acceptors (Lipinski definition) is 5. The minimum atomic E-state index is -0.429. The Morgan fingerprint density at radius 3 is 2.76 bits per heavy atom. The molecule has 0 radical (unpaired) electrons. The summed E-state index contributed by atoms with van der Waals surface area (Å²) in [6, 6.07) is 4.67. The molecule has 6 nitrogen and oxygen atoms in total. The summed E-state index contributed by atoms with van der Waals surface area (Å²) in [5.74, 6) is 0.258. The molecule has 1 aliphatic heterocycles. The Bertz CT molecular complexity index is 559. The van der Waals surface area contributed by atoms with Crippen molar-refractivity contribution in [3.63, 3.8) is 0 Å². The number of nitro benzene ring substituents is 1. The Kier molecular flexibility index (Phi) is 4.57. The molecular formula is C15H20N2O4. The number of rotatable bonds is 4.